The molecule has 0 saturated carbocycles. The Kier molecular flexibility index (Phi) is 5.08. The number of halogens is 1. The van der Waals surface area contributed by atoms with E-state index in [4.69, 9.17) is 0 Å². The highest BCUT2D eigenvalue weighted by Gasteiger charge is 2.48. The second kappa shape index (κ2) is 7.89. The van der Waals surface area contributed by atoms with Gasteiger partial charge in [0.15, 0.2) is 5.82 Å². The molecule has 156 valence electrons. The molecule has 7 heteroatoms. The lowest BCUT2D eigenvalue weighted by atomic mass is 9.80. The highest BCUT2D eigenvalue weighted by Crippen LogP contribution is 2.46. The van der Waals surface area contributed by atoms with Crippen LogP contribution in [0.25, 0.3) is 0 Å². The van der Waals surface area contributed by atoms with Crippen LogP contribution in [0.1, 0.15) is 42.6 Å². The van der Waals surface area contributed by atoms with Gasteiger partial charge in [0.1, 0.15) is 5.82 Å². The van der Waals surface area contributed by atoms with E-state index in [0.717, 1.165) is 31.6 Å². The second-order valence-electron chi connectivity index (χ2n) is 8.56. The summed E-state index contributed by atoms with van der Waals surface area (Å²) >= 11 is 0. The molecule has 0 amide bonds. The number of hydrogen-bond donors (Lipinski definition) is 1. The maximum Gasteiger partial charge on any atom is 0.165 e. The van der Waals surface area contributed by atoms with E-state index >= 15 is 0 Å². The Morgan fingerprint density at radius 1 is 1.03 bits per heavy atom. The summed E-state index contributed by atoms with van der Waals surface area (Å²) in [6, 6.07) is 17.2. The number of fused-ring (bicyclic) bond motifs is 2. The summed E-state index contributed by atoms with van der Waals surface area (Å²) in [7, 11) is 0. The molecule has 1 unspecified atom stereocenters. The first-order valence-corrected chi connectivity index (χ1v) is 10.6. The minimum Gasteiger partial charge on any atom is -0.385 e. The van der Waals surface area contributed by atoms with Crippen molar-refractivity contribution in [2.75, 3.05) is 0 Å². The normalized spacial score (nSPS) is 26.2. The van der Waals surface area contributed by atoms with Gasteiger partial charge in [0, 0.05) is 18.6 Å². The first-order chi connectivity index (χ1) is 14.6. The molecule has 3 atom stereocenters. The maximum atomic E-state index is 13.7. The van der Waals surface area contributed by atoms with Crippen molar-refractivity contribution in [1.29, 1.82) is 0 Å². The van der Waals surface area contributed by atoms with Crippen LogP contribution < -0.4 is 0 Å². The minimum absolute atomic E-state index is 0.247. The lowest BCUT2D eigenvalue weighted by Crippen LogP contribution is -2.49. The summed E-state index contributed by atoms with van der Waals surface area (Å²) in [4.78, 5) is 2.43. The molecule has 0 aliphatic carbocycles. The zero-order chi connectivity index (χ0) is 20.6. The summed E-state index contributed by atoms with van der Waals surface area (Å²) in [6.45, 7) is 1.42. The Hall–Kier alpha value is -2.64. The average Bonchev–Trinajstić information content (AvgIpc) is 3.29. The predicted molar refractivity (Wildman–Crippen MR) is 110 cm³/mol. The molecule has 3 aromatic rings. The van der Waals surface area contributed by atoms with E-state index in [-0.39, 0.29) is 17.9 Å². The van der Waals surface area contributed by atoms with E-state index in [0.29, 0.717) is 24.9 Å². The Morgan fingerprint density at radius 2 is 1.80 bits per heavy atom. The SMILES string of the molecule is OC1(c2cccc(F)c2)C[C@H]2CC[C@@H](C1)N2Cc1nnnn1CCc1ccccc1. The van der Waals surface area contributed by atoms with E-state index in [1.807, 2.05) is 28.9 Å². The van der Waals surface area contributed by atoms with Gasteiger partial charge < -0.3 is 5.11 Å². The number of nitrogens with zero attached hydrogens (tertiary/aromatic N) is 5. The first kappa shape index (κ1) is 19.3. The third kappa shape index (κ3) is 3.75. The third-order valence-electron chi connectivity index (χ3n) is 6.66. The maximum absolute atomic E-state index is 13.7. The number of aliphatic hydroxyl groups is 1. The molecular formula is C23H26FN5O. The summed E-state index contributed by atoms with van der Waals surface area (Å²) < 4.78 is 15.6. The van der Waals surface area contributed by atoms with Crippen LogP contribution in [0, 0.1) is 5.82 Å². The van der Waals surface area contributed by atoms with Gasteiger partial charge in [-0.05, 0) is 65.8 Å². The molecule has 1 N–H and O–H groups in total. The van der Waals surface area contributed by atoms with Gasteiger partial charge in [0.05, 0.1) is 12.1 Å². The van der Waals surface area contributed by atoms with Gasteiger partial charge in [-0.25, -0.2) is 9.07 Å². The molecule has 30 heavy (non-hydrogen) atoms. The van der Waals surface area contributed by atoms with Crippen molar-refractivity contribution >= 4 is 0 Å². The average molecular weight is 407 g/mol. The van der Waals surface area contributed by atoms with Crippen molar-refractivity contribution < 1.29 is 9.50 Å². The van der Waals surface area contributed by atoms with Gasteiger partial charge in [-0.2, -0.15) is 0 Å². The zero-order valence-electron chi connectivity index (χ0n) is 16.9. The van der Waals surface area contributed by atoms with Crippen LogP contribution in [0.4, 0.5) is 4.39 Å². The molecule has 2 fully saturated rings. The van der Waals surface area contributed by atoms with Crippen molar-refractivity contribution in [3.05, 3.63) is 77.4 Å². The molecule has 2 saturated heterocycles. The minimum atomic E-state index is -0.969. The Balaban J connectivity index is 1.28. The van der Waals surface area contributed by atoms with Crippen molar-refractivity contribution in [2.24, 2.45) is 0 Å². The molecular weight excluding hydrogens is 381 g/mol. The van der Waals surface area contributed by atoms with E-state index < -0.39 is 5.60 Å². The fourth-order valence-electron chi connectivity index (χ4n) is 5.14. The van der Waals surface area contributed by atoms with Crippen LogP contribution >= 0.6 is 0 Å². The Labute approximate surface area is 175 Å². The van der Waals surface area contributed by atoms with E-state index in [1.54, 1.807) is 6.07 Å². The largest absolute Gasteiger partial charge is 0.385 e. The van der Waals surface area contributed by atoms with Crippen LogP contribution in [0.15, 0.2) is 54.6 Å². The molecule has 2 aliphatic rings. The lowest BCUT2D eigenvalue weighted by Gasteiger charge is -2.43. The van der Waals surface area contributed by atoms with Crippen LogP contribution in [-0.2, 0) is 25.1 Å². The van der Waals surface area contributed by atoms with Gasteiger partial charge in [-0.15, -0.1) is 5.10 Å². The number of piperidine rings is 1. The van der Waals surface area contributed by atoms with E-state index in [2.05, 4.69) is 32.6 Å². The molecule has 0 spiro atoms. The summed E-state index contributed by atoms with van der Waals surface area (Å²) in [5.74, 6) is 0.562. The molecule has 5 rings (SSSR count). The first-order valence-electron chi connectivity index (χ1n) is 10.6. The number of aryl methyl sites for hydroxylation is 2. The predicted octanol–water partition coefficient (Wildman–Crippen LogP) is 3.07. The Bertz CT molecular complexity index is 994. The zero-order valence-corrected chi connectivity index (χ0v) is 16.9. The standard InChI is InChI=1S/C23H26FN5O/c24-19-8-4-7-18(13-19)23(30)14-20-9-10-21(15-23)28(20)16-22-25-26-27-29(22)12-11-17-5-2-1-3-6-17/h1-8,13,20-21,30H,9-12,14-16H2/t20-,21+,23?. The van der Waals surface area contributed by atoms with Gasteiger partial charge in [-0.1, -0.05) is 42.5 Å². The van der Waals surface area contributed by atoms with Crippen molar-refractivity contribution in [3.8, 4) is 0 Å². The van der Waals surface area contributed by atoms with Crippen LogP contribution in [-0.4, -0.2) is 42.3 Å². The van der Waals surface area contributed by atoms with Crippen LogP contribution in [0.2, 0.25) is 0 Å². The molecule has 3 heterocycles. The molecule has 0 radical (unpaired) electrons. The van der Waals surface area contributed by atoms with Crippen LogP contribution in [0.3, 0.4) is 0 Å². The van der Waals surface area contributed by atoms with Crippen molar-refractivity contribution in [1.82, 2.24) is 25.1 Å². The summed E-state index contributed by atoms with van der Waals surface area (Å²) in [6.07, 6.45) is 4.17. The fraction of sp³-hybridized carbons (Fsp3) is 0.435. The third-order valence-corrected chi connectivity index (χ3v) is 6.66. The van der Waals surface area contributed by atoms with Gasteiger partial charge in [0.2, 0.25) is 0 Å². The highest BCUT2D eigenvalue weighted by molar-refractivity contribution is 5.26. The summed E-state index contributed by atoms with van der Waals surface area (Å²) in [5.41, 5.74) is 0.979. The quantitative estimate of drug-likeness (QED) is 0.680. The molecule has 2 aliphatic heterocycles. The monoisotopic (exact) mass is 407 g/mol. The lowest BCUT2D eigenvalue weighted by molar-refractivity contribution is -0.0606. The number of tetrazole rings is 1. The highest BCUT2D eigenvalue weighted by atomic mass is 19.1. The van der Waals surface area contributed by atoms with Crippen molar-refractivity contribution in [2.45, 2.75) is 62.9 Å². The summed E-state index contributed by atoms with van der Waals surface area (Å²) in [5, 5.41) is 23.7. The Morgan fingerprint density at radius 3 is 2.53 bits per heavy atom. The van der Waals surface area contributed by atoms with E-state index in [1.165, 1.54) is 17.7 Å². The van der Waals surface area contributed by atoms with Crippen molar-refractivity contribution in [3.63, 3.8) is 0 Å². The topological polar surface area (TPSA) is 67.1 Å². The number of aromatic nitrogens is 4. The van der Waals surface area contributed by atoms with Crippen LogP contribution in [0.5, 0.6) is 0 Å². The smallest absolute Gasteiger partial charge is 0.165 e. The number of rotatable bonds is 6. The van der Waals surface area contributed by atoms with Gasteiger partial charge >= 0.3 is 0 Å². The number of hydrogen-bond acceptors (Lipinski definition) is 5. The van der Waals surface area contributed by atoms with Gasteiger partial charge in [0.25, 0.3) is 0 Å². The fourth-order valence-corrected chi connectivity index (χ4v) is 5.14. The molecule has 2 bridgehead atoms. The molecule has 1 aromatic heterocycles. The van der Waals surface area contributed by atoms with E-state index in [9.17, 15) is 9.50 Å². The van der Waals surface area contributed by atoms with Gasteiger partial charge in [-0.3, -0.25) is 4.90 Å². The number of benzene rings is 2. The molecule has 6 nitrogen and oxygen atoms in total. The molecule has 2 aromatic carbocycles. The second-order valence-corrected chi connectivity index (χ2v) is 8.56.